The molecule has 0 bridgehead atoms. The number of rotatable bonds is 6. The minimum absolute atomic E-state index is 0.332. The van der Waals surface area contributed by atoms with Crippen molar-refractivity contribution in [3.63, 3.8) is 0 Å². The largest absolute Gasteiger partial charge is 0.493 e. The van der Waals surface area contributed by atoms with Gasteiger partial charge in [-0.2, -0.15) is 0 Å². The zero-order valence-corrected chi connectivity index (χ0v) is 18.6. The lowest BCUT2D eigenvalue weighted by Gasteiger charge is -2.36. The van der Waals surface area contributed by atoms with E-state index >= 15 is 0 Å². The maximum Gasteiger partial charge on any atom is 0.346 e. The highest BCUT2D eigenvalue weighted by molar-refractivity contribution is 6.17. The topological polar surface area (TPSA) is 74.2 Å². The predicted octanol–water partition coefficient (Wildman–Crippen LogP) is 4.18. The van der Waals surface area contributed by atoms with E-state index in [2.05, 4.69) is 0 Å². The predicted molar refractivity (Wildman–Crippen MR) is 125 cm³/mol. The van der Waals surface area contributed by atoms with Gasteiger partial charge >= 0.3 is 11.9 Å². The van der Waals surface area contributed by atoms with Crippen LogP contribution in [0, 0.1) is 0 Å². The van der Waals surface area contributed by atoms with Crippen molar-refractivity contribution in [2.24, 2.45) is 4.99 Å². The summed E-state index contributed by atoms with van der Waals surface area (Å²) in [5, 5.41) is 0. The molecule has 1 aliphatic rings. The number of aliphatic imine (C=N–C) groups is 1. The maximum atomic E-state index is 13.5. The molecule has 0 saturated heterocycles. The lowest BCUT2D eigenvalue weighted by atomic mass is 9.75. The average molecular weight is 443 g/mol. The summed E-state index contributed by atoms with van der Waals surface area (Å²) in [5.74, 6) is -1.58. The molecule has 168 valence electrons. The molecule has 3 aromatic rings. The highest BCUT2D eigenvalue weighted by atomic mass is 16.5. The third kappa shape index (κ3) is 4.12. The van der Waals surface area contributed by atoms with Crippen molar-refractivity contribution in [2.45, 2.75) is 17.9 Å². The number of nitrogens with zero attached hydrogens (tertiary/aromatic N) is 1. The molecular formula is C27H25NO5. The molecule has 0 aliphatic carbocycles. The minimum Gasteiger partial charge on any atom is -0.493 e. The quantitative estimate of drug-likeness (QED) is 0.325. The Morgan fingerprint density at radius 1 is 0.818 bits per heavy atom. The molecule has 3 aromatic carbocycles. The Balaban J connectivity index is 2.03. The van der Waals surface area contributed by atoms with Gasteiger partial charge in [-0.3, -0.25) is 4.99 Å². The summed E-state index contributed by atoms with van der Waals surface area (Å²) in [4.78, 5) is 31.9. The van der Waals surface area contributed by atoms with Crippen LogP contribution in [-0.4, -0.2) is 44.0 Å². The molecule has 0 aromatic heterocycles. The number of carbonyl (C=O) groups excluding carboxylic acids is 2. The molecule has 6 nitrogen and oxygen atoms in total. The Labute approximate surface area is 192 Å². The van der Waals surface area contributed by atoms with Crippen molar-refractivity contribution in [3.8, 4) is 5.75 Å². The van der Waals surface area contributed by atoms with E-state index in [1.165, 1.54) is 14.2 Å². The molecule has 4 rings (SSSR count). The summed E-state index contributed by atoms with van der Waals surface area (Å²) in [5.41, 5.74) is 0.784. The van der Waals surface area contributed by atoms with Crippen LogP contribution in [0.1, 0.15) is 29.0 Å². The summed E-state index contributed by atoms with van der Waals surface area (Å²) in [7, 11) is 2.51. The van der Waals surface area contributed by atoms with Crippen molar-refractivity contribution in [2.75, 3.05) is 20.8 Å². The van der Waals surface area contributed by atoms with Crippen LogP contribution in [0.15, 0.2) is 89.9 Å². The van der Waals surface area contributed by atoms with E-state index in [1.807, 2.05) is 84.9 Å². The lowest BCUT2D eigenvalue weighted by molar-refractivity contribution is -0.162. The Morgan fingerprint density at radius 3 is 1.88 bits per heavy atom. The van der Waals surface area contributed by atoms with Gasteiger partial charge in [-0.15, -0.1) is 0 Å². The summed E-state index contributed by atoms with van der Waals surface area (Å²) < 4.78 is 16.2. The monoisotopic (exact) mass is 443 g/mol. The number of hydrogen-bond acceptors (Lipinski definition) is 6. The number of hydrogen-bond donors (Lipinski definition) is 0. The SMILES string of the molecule is COC(=O)C(N=C(c1ccccc1)c1ccccc1)(C(=O)OC)C1CCOc2ccccc21. The Kier molecular flexibility index (Phi) is 6.54. The molecule has 0 amide bonds. The first-order valence-corrected chi connectivity index (χ1v) is 10.7. The first kappa shape index (κ1) is 22.3. The van der Waals surface area contributed by atoms with E-state index in [-0.39, 0.29) is 0 Å². The second-order valence-electron chi connectivity index (χ2n) is 7.67. The van der Waals surface area contributed by atoms with Crippen molar-refractivity contribution in [3.05, 3.63) is 102 Å². The first-order chi connectivity index (χ1) is 16.1. The van der Waals surface area contributed by atoms with Crippen LogP contribution in [0.5, 0.6) is 5.75 Å². The smallest absolute Gasteiger partial charge is 0.346 e. The molecule has 1 atom stereocenters. The van der Waals surface area contributed by atoms with Crippen LogP contribution in [0.25, 0.3) is 0 Å². The molecule has 33 heavy (non-hydrogen) atoms. The molecule has 0 fully saturated rings. The highest BCUT2D eigenvalue weighted by Gasteiger charge is 2.57. The molecule has 0 saturated carbocycles. The standard InChI is InChI=1S/C27H25NO5/c1-31-25(29)27(26(30)32-2,22-17-18-33-23-16-10-9-15-21(22)23)28-24(19-11-5-3-6-12-19)20-13-7-4-8-14-20/h3-16,22H,17-18H2,1-2H3. The highest BCUT2D eigenvalue weighted by Crippen LogP contribution is 2.44. The molecule has 0 N–H and O–H groups in total. The van der Waals surface area contributed by atoms with Crippen molar-refractivity contribution in [1.29, 1.82) is 0 Å². The number of fused-ring (bicyclic) bond motifs is 1. The summed E-state index contributed by atoms with van der Waals surface area (Å²) >= 11 is 0. The van der Waals surface area contributed by atoms with Crippen LogP contribution in [-0.2, 0) is 19.1 Å². The van der Waals surface area contributed by atoms with Gasteiger partial charge < -0.3 is 14.2 Å². The van der Waals surface area contributed by atoms with Gasteiger partial charge in [0.25, 0.3) is 5.54 Å². The second kappa shape index (κ2) is 9.69. The van der Waals surface area contributed by atoms with Gasteiger partial charge in [0, 0.05) is 22.6 Å². The van der Waals surface area contributed by atoms with Crippen molar-refractivity contribution in [1.82, 2.24) is 0 Å². The van der Waals surface area contributed by atoms with Gasteiger partial charge in [0.15, 0.2) is 0 Å². The Bertz CT molecular complexity index is 1100. The number of esters is 2. The van der Waals surface area contributed by atoms with Crippen molar-refractivity contribution >= 4 is 17.7 Å². The van der Waals surface area contributed by atoms with Gasteiger partial charge in [-0.05, 0) is 12.5 Å². The van der Waals surface area contributed by atoms with Crippen LogP contribution in [0.2, 0.25) is 0 Å². The number of para-hydroxylation sites is 1. The molecular weight excluding hydrogens is 418 g/mol. The Morgan fingerprint density at radius 2 is 1.33 bits per heavy atom. The second-order valence-corrected chi connectivity index (χ2v) is 7.67. The fraction of sp³-hybridized carbons (Fsp3) is 0.222. The number of methoxy groups -OCH3 is 2. The number of ether oxygens (including phenoxy) is 3. The van der Waals surface area contributed by atoms with Gasteiger partial charge in [-0.1, -0.05) is 78.9 Å². The third-order valence-corrected chi connectivity index (χ3v) is 5.84. The minimum atomic E-state index is -1.95. The number of carbonyl (C=O) groups is 2. The summed E-state index contributed by atoms with van der Waals surface area (Å²) in [6.07, 6.45) is 0.390. The molecule has 1 heterocycles. The van der Waals surface area contributed by atoms with E-state index in [4.69, 9.17) is 19.2 Å². The fourth-order valence-corrected chi connectivity index (χ4v) is 4.29. The van der Waals surface area contributed by atoms with Gasteiger partial charge in [-0.25, -0.2) is 9.59 Å². The third-order valence-electron chi connectivity index (χ3n) is 5.84. The lowest BCUT2D eigenvalue weighted by Crippen LogP contribution is -2.53. The van der Waals surface area contributed by atoms with E-state index in [1.54, 1.807) is 0 Å². The summed E-state index contributed by atoms with van der Waals surface area (Å²) in [6.45, 7) is 0.332. The molecule has 1 aliphatic heterocycles. The normalized spacial score (nSPS) is 14.9. The van der Waals surface area contributed by atoms with Crippen molar-refractivity contribution < 1.29 is 23.8 Å². The van der Waals surface area contributed by atoms with Gasteiger partial charge in [0.05, 0.1) is 26.5 Å². The molecule has 0 spiro atoms. The molecule has 0 radical (unpaired) electrons. The van der Waals surface area contributed by atoms with E-state index in [9.17, 15) is 9.59 Å². The van der Waals surface area contributed by atoms with Crippen LogP contribution in [0.4, 0.5) is 0 Å². The van der Waals surface area contributed by atoms with E-state index in [0.29, 0.717) is 30.1 Å². The fourth-order valence-electron chi connectivity index (χ4n) is 4.29. The Hall–Kier alpha value is -3.93. The average Bonchev–Trinajstić information content (AvgIpc) is 2.89. The molecule has 6 heteroatoms. The zero-order chi connectivity index (χ0) is 23.3. The van der Waals surface area contributed by atoms with E-state index in [0.717, 1.165) is 11.1 Å². The van der Waals surface area contributed by atoms with Crippen LogP contribution < -0.4 is 4.74 Å². The first-order valence-electron chi connectivity index (χ1n) is 10.7. The van der Waals surface area contributed by atoms with Crippen LogP contribution in [0.3, 0.4) is 0 Å². The summed E-state index contributed by atoms with van der Waals surface area (Å²) in [6, 6.07) is 26.3. The molecule has 1 unspecified atom stereocenters. The maximum absolute atomic E-state index is 13.5. The van der Waals surface area contributed by atoms with Gasteiger partial charge in [0.1, 0.15) is 5.75 Å². The van der Waals surface area contributed by atoms with Gasteiger partial charge in [0.2, 0.25) is 0 Å². The van der Waals surface area contributed by atoms with Crippen LogP contribution >= 0.6 is 0 Å². The number of benzene rings is 3. The zero-order valence-electron chi connectivity index (χ0n) is 18.6. The van der Waals surface area contributed by atoms with E-state index < -0.39 is 23.4 Å².